The van der Waals surface area contributed by atoms with Crippen molar-refractivity contribution in [3.8, 4) is 11.5 Å². The van der Waals surface area contributed by atoms with Crippen LogP contribution in [0.15, 0.2) is 53.4 Å². The van der Waals surface area contributed by atoms with E-state index in [0.717, 1.165) is 5.56 Å². The minimum absolute atomic E-state index is 0.363. The molecule has 3 rings (SSSR count). The number of oxazole rings is 1. The van der Waals surface area contributed by atoms with E-state index in [9.17, 15) is 4.79 Å². The van der Waals surface area contributed by atoms with E-state index in [1.807, 2.05) is 12.1 Å². The summed E-state index contributed by atoms with van der Waals surface area (Å²) >= 11 is 0. The number of hydrogen-bond donors (Lipinski definition) is 2. The van der Waals surface area contributed by atoms with Crippen molar-refractivity contribution in [2.45, 2.75) is 0 Å². The Labute approximate surface area is 120 Å². The summed E-state index contributed by atoms with van der Waals surface area (Å²) in [5, 5.41) is 9.45. The zero-order valence-electron chi connectivity index (χ0n) is 11.3. The largest absolute Gasteiger partial charge is 0.445 e. The third kappa shape index (κ3) is 3.08. The van der Waals surface area contributed by atoms with Crippen LogP contribution in [0.4, 0.5) is 16.3 Å². The first-order valence-electron chi connectivity index (χ1n) is 6.28. The van der Waals surface area contributed by atoms with E-state index < -0.39 is 0 Å². The Kier molecular flexibility index (Phi) is 3.38. The van der Waals surface area contributed by atoms with Gasteiger partial charge in [0.2, 0.25) is 5.89 Å². The Morgan fingerprint density at radius 1 is 1.29 bits per heavy atom. The third-order valence-electron chi connectivity index (χ3n) is 2.75. The molecule has 1 aromatic carbocycles. The number of carbonyl (C=O) groups excluding carboxylic acids is 1. The number of amides is 2. The van der Waals surface area contributed by atoms with Crippen LogP contribution in [0.3, 0.4) is 0 Å². The summed E-state index contributed by atoms with van der Waals surface area (Å²) in [6.07, 6.45) is 4.82. The first-order chi connectivity index (χ1) is 10.2. The van der Waals surface area contributed by atoms with E-state index in [1.165, 1.54) is 6.26 Å². The Hall–Kier alpha value is -3.09. The lowest BCUT2D eigenvalue weighted by Crippen LogP contribution is -2.19. The molecule has 21 heavy (non-hydrogen) atoms. The van der Waals surface area contributed by atoms with Gasteiger partial charge in [-0.1, -0.05) is 6.07 Å². The van der Waals surface area contributed by atoms with Crippen molar-refractivity contribution in [2.24, 2.45) is 7.05 Å². The maximum atomic E-state index is 11.9. The maximum Gasteiger partial charge on any atom is 0.324 e. The SMILES string of the molecule is Cn1ccc(NC(=O)Nc2cccc(-c3ncco3)c2)n1. The van der Waals surface area contributed by atoms with Crippen molar-refractivity contribution in [1.82, 2.24) is 14.8 Å². The fourth-order valence-corrected chi connectivity index (χ4v) is 1.86. The predicted molar refractivity (Wildman–Crippen MR) is 77.8 cm³/mol. The van der Waals surface area contributed by atoms with Gasteiger partial charge in [-0.05, 0) is 18.2 Å². The Bertz CT molecular complexity index is 748. The summed E-state index contributed by atoms with van der Waals surface area (Å²) in [4.78, 5) is 15.9. The molecule has 0 unspecified atom stereocenters. The molecule has 0 aliphatic heterocycles. The van der Waals surface area contributed by atoms with E-state index in [1.54, 1.807) is 42.3 Å². The van der Waals surface area contributed by atoms with Gasteiger partial charge >= 0.3 is 6.03 Å². The van der Waals surface area contributed by atoms with Gasteiger partial charge in [0, 0.05) is 30.6 Å². The summed E-state index contributed by atoms with van der Waals surface area (Å²) in [6.45, 7) is 0. The van der Waals surface area contributed by atoms with Gasteiger partial charge in [0.25, 0.3) is 0 Å². The van der Waals surface area contributed by atoms with Crippen molar-refractivity contribution in [3.63, 3.8) is 0 Å². The lowest BCUT2D eigenvalue weighted by Gasteiger charge is -2.06. The second-order valence-corrected chi connectivity index (χ2v) is 4.37. The monoisotopic (exact) mass is 283 g/mol. The van der Waals surface area contributed by atoms with Gasteiger partial charge in [0.1, 0.15) is 6.26 Å². The van der Waals surface area contributed by atoms with E-state index in [-0.39, 0.29) is 6.03 Å². The highest BCUT2D eigenvalue weighted by atomic mass is 16.3. The minimum Gasteiger partial charge on any atom is -0.445 e. The molecule has 3 aromatic rings. The number of carbonyl (C=O) groups is 1. The Morgan fingerprint density at radius 3 is 2.90 bits per heavy atom. The smallest absolute Gasteiger partial charge is 0.324 e. The summed E-state index contributed by atoms with van der Waals surface area (Å²) in [5.74, 6) is 0.989. The van der Waals surface area contributed by atoms with Crippen molar-refractivity contribution in [2.75, 3.05) is 10.6 Å². The fourth-order valence-electron chi connectivity index (χ4n) is 1.86. The van der Waals surface area contributed by atoms with Crippen molar-refractivity contribution in [3.05, 3.63) is 49.0 Å². The minimum atomic E-state index is -0.363. The van der Waals surface area contributed by atoms with Gasteiger partial charge in [-0.3, -0.25) is 10.00 Å². The number of urea groups is 1. The molecule has 0 saturated carbocycles. The topological polar surface area (TPSA) is 85.0 Å². The van der Waals surface area contributed by atoms with Crippen LogP contribution in [0, 0.1) is 0 Å². The average molecular weight is 283 g/mol. The number of nitrogens with one attached hydrogen (secondary N) is 2. The number of benzene rings is 1. The van der Waals surface area contributed by atoms with Crippen LogP contribution >= 0.6 is 0 Å². The molecule has 2 amide bonds. The van der Waals surface area contributed by atoms with E-state index in [4.69, 9.17) is 4.42 Å². The highest BCUT2D eigenvalue weighted by Crippen LogP contribution is 2.20. The number of hydrogen-bond acceptors (Lipinski definition) is 4. The third-order valence-corrected chi connectivity index (χ3v) is 2.75. The summed E-state index contributed by atoms with van der Waals surface area (Å²) in [6, 6.07) is 8.58. The van der Waals surface area contributed by atoms with Crippen molar-refractivity contribution < 1.29 is 9.21 Å². The average Bonchev–Trinajstić information content (AvgIpc) is 3.11. The van der Waals surface area contributed by atoms with E-state index in [2.05, 4.69) is 20.7 Å². The molecule has 0 fully saturated rings. The van der Waals surface area contributed by atoms with Crippen LogP contribution in [0.5, 0.6) is 0 Å². The van der Waals surface area contributed by atoms with Crippen LogP contribution in [0.1, 0.15) is 0 Å². The number of anilines is 2. The van der Waals surface area contributed by atoms with Gasteiger partial charge in [0.05, 0.1) is 6.20 Å². The summed E-state index contributed by atoms with van der Waals surface area (Å²) in [5.41, 5.74) is 1.43. The van der Waals surface area contributed by atoms with Crippen LogP contribution < -0.4 is 10.6 Å². The van der Waals surface area contributed by atoms with Crippen LogP contribution in [0.25, 0.3) is 11.5 Å². The van der Waals surface area contributed by atoms with Crippen molar-refractivity contribution in [1.29, 1.82) is 0 Å². The first kappa shape index (κ1) is 12.9. The molecule has 0 spiro atoms. The zero-order valence-corrected chi connectivity index (χ0v) is 11.3. The quantitative estimate of drug-likeness (QED) is 0.774. The van der Waals surface area contributed by atoms with Gasteiger partial charge in [-0.15, -0.1) is 0 Å². The molecule has 0 radical (unpaired) electrons. The fraction of sp³-hybridized carbons (Fsp3) is 0.0714. The van der Waals surface area contributed by atoms with Crippen LogP contribution in [-0.2, 0) is 7.05 Å². The summed E-state index contributed by atoms with van der Waals surface area (Å²) in [7, 11) is 1.78. The number of aryl methyl sites for hydroxylation is 1. The molecule has 106 valence electrons. The standard InChI is InChI=1S/C14H13N5O2/c1-19-7-5-12(18-19)17-14(20)16-11-4-2-3-10(9-11)13-15-6-8-21-13/h2-9H,1H3,(H2,16,17,18,20). The molecule has 7 heteroatoms. The highest BCUT2D eigenvalue weighted by Gasteiger charge is 2.07. The molecule has 0 atom stereocenters. The van der Waals surface area contributed by atoms with E-state index in [0.29, 0.717) is 17.4 Å². The molecule has 2 aromatic heterocycles. The lowest BCUT2D eigenvalue weighted by molar-refractivity contribution is 0.262. The molecule has 7 nitrogen and oxygen atoms in total. The predicted octanol–water partition coefficient (Wildman–Crippen LogP) is 2.72. The molecular weight excluding hydrogens is 270 g/mol. The maximum absolute atomic E-state index is 11.9. The number of rotatable bonds is 3. The lowest BCUT2D eigenvalue weighted by atomic mass is 10.2. The van der Waals surface area contributed by atoms with Gasteiger partial charge < -0.3 is 9.73 Å². The first-order valence-corrected chi connectivity index (χ1v) is 6.28. The number of nitrogens with zero attached hydrogens (tertiary/aromatic N) is 3. The molecule has 2 N–H and O–H groups in total. The summed E-state index contributed by atoms with van der Waals surface area (Å²) < 4.78 is 6.84. The second kappa shape index (κ2) is 5.49. The molecule has 0 aliphatic rings. The van der Waals surface area contributed by atoms with Crippen LogP contribution in [0.2, 0.25) is 0 Å². The molecular formula is C14H13N5O2. The molecule has 0 aliphatic carbocycles. The van der Waals surface area contributed by atoms with Gasteiger partial charge in [-0.25, -0.2) is 9.78 Å². The second-order valence-electron chi connectivity index (χ2n) is 4.37. The van der Waals surface area contributed by atoms with Gasteiger partial charge in [-0.2, -0.15) is 5.10 Å². The molecule has 2 heterocycles. The molecule has 0 saturated heterocycles. The normalized spacial score (nSPS) is 10.3. The Morgan fingerprint density at radius 2 is 2.19 bits per heavy atom. The molecule has 0 bridgehead atoms. The van der Waals surface area contributed by atoms with Gasteiger partial charge in [0.15, 0.2) is 5.82 Å². The zero-order chi connectivity index (χ0) is 14.7. The number of aromatic nitrogens is 3. The van der Waals surface area contributed by atoms with Crippen molar-refractivity contribution >= 4 is 17.5 Å². The van der Waals surface area contributed by atoms with E-state index >= 15 is 0 Å². The Balaban J connectivity index is 1.70. The van der Waals surface area contributed by atoms with Crippen LogP contribution in [-0.4, -0.2) is 20.8 Å². The highest BCUT2D eigenvalue weighted by molar-refractivity contribution is 5.99.